The summed E-state index contributed by atoms with van der Waals surface area (Å²) in [5, 5.41) is 11.1. The van der Waals surface area contributed by atoms with Crippen molar-refractivity contribution in [3.8, 4) is 34.7 Å². The standard InChI is InChI=1S/C17H9ClF5N7O2/c18-9-2-1-8(17(21,22)23)3-11(9)30-12(5-26-29-30)16-27-15(28-32-16)10-4-25-14(6-24-10)31-7-13(19)20/h1-6,13H,7H2. The number of rotatable bonds is 6. The van der Waals surface area contributed by atoms with Crippen LogP contribution in [0.2, 0.25) is 5.02 Å². The topological polar surface area (TPSA) is 105 Å². The van der Waals surface area contributed by atoms with E-state index < -0.39 is 24.8 Å². The summed E-state index contributed by atoms with van der Waals surface area (Å²) in [7, 11) is 0. The third-order valence-corrected chi connectivity index (χ3v) is 4.23. The van der Waals surface area contributed by atoms with Gasteiger partial charge in [0.15, 0.2) is 12.3 Å². The van der Waals surface area contributed by atoms with Crippen LogP contribution < -0.4 is 4.74 Å². The second-order valence-corrected chi connectivity index (χ2v) is 6.47. The summed E-state index contributed by atoms with van der Waals surface area (Å²) in [5.41, 5.74) is -0.849. The Morgan fingerprint density at radius 2 is 1.94 bits per heavy atom. The maximum Gasteiger partial charge on any atom is 0.416 e. The Morgan fingerprint density at radius 3 is 2.62 bits per heavy atom. The first-order chi connectivity index (χ1) is 15.2. The van der Waals surface area contributed by atoms with Crippen molar-refractivity contribution in [2.24, 2.45) is 0 Å². The summed E-state index contributed by atoms with van der Waals surface area (Å²) in [6, 6.07) is 2.72. The van der Waals surface area contributed by atoms with Gasteiger partial charge in [-0.05, 0) is 18.2 Å². The number of halogens is 6. The van der Waals surface area contributed by atoms with Gasteiger partial charge >= 0.3 is 6.18 Å². The molecule has 0 N–H and O–H groups in total. The van der Waals surface area contributed by atoms with E-state index in [0.29, 0.717) is 0 Å². The monoisotopic (exact) mass is 473 g/mol. The van der Waals surface area contributed by atoms with Crippen molar-refractivity contribution in [3.05, 3.63) is 47.4 Å². The summed E-state index contributed by atoms with van der Waals surface area (Å²) in [6.07, 6.45) is -3.79. The van der Waals surface area contributed by atoms with Gasteiger partial charge < -0.3 is 9.26 Å². The smallest absolute Gasteiger partial charge is 0.416 e. The van der Waals surface area contributed by atoms with Crippen molar-refractivity contribution < 1.29 is 31.2 Å². The second kappa shape index (κ2) is 8.45. The van der Waals surface area contributed by atoms with Gasteiger partial charge in [0.2, 0.25) is 11.7 Å². The normalized spacial score (nSPS) is 11.8. The lowest BCUT2D eigenvalue weighted by atomic mass is 10.2. The number of benzene rings is 1. The van der Waals surface area contributed by atoms with Crippen molar-refractivity contribution >= 4 is 11.6 Å². The highest BCUT2D eigenvalue weighted by molar-refractivity contribution is 6.32. The number of aromatic nitrogens is 7. The molecule has 32 heavy (non-hydrogen) atoms. The predicted octanol–water partition coefficient (Wildman–Crippen LogP) is 4.09. The lowest BCUT2D eigenvalue weighted by Gasteiger charge is -2.11. The molecule has 0 fully saturated rings. The molecule has 0 aliphatic rings. The van der Waals surface area contributed by atoms with Crippen molar-refractivity contribution in [2.75, 3.05) is 6.61 Å². The number of nitrogens with zero attached hydrogens (tertiary/aromatic N) is 7. The van der Waals surface area contributed by atoms with Crippen molar-refractivity contribution in [1.29, 1.82) is 0 Å². The van der Waals surface area contributed by atoms with Crippen LogP contribution in [0.4, 0.5) is 22.0 Å². The highest BCUT2D eigenvalue weighted by atomic mass is 35.5. The fraction of sp³-hybridized carbons (Fsp3) is 0.176. The fourth-order valence-electron chi connectivity index (χ4n) is 2.50. The van der Waals surface area contributed by atoms with Gasteiger partial charge in [0.1, 0.15) is 5.69 Å². The van der Waals surface area contributed by atoms with Crippen molar-refractivity contribution in [2.45, 2.75) is 12.6 Å². The van der Waals surface area contributed by atoms with E-state index in [1.165, 1.54) is 12.4 Å². The van der Waals surface area contributed by atoms with Crippen LogP contribution in [-0.4, -0.2) is 48.1 Å². The number of hydrogen-bond donors (Lipinski definition) is 0. The summed E-state index contributed by atoms with van der Waals surface area (Å²) >= 11 is 6.06. The molecule has 0 aliphatic carbocycles. The Hall–Kier alpha value is -3.68. The molecule has 166 valence electrons. The molecule has 0 aliphatic heterocycles. The molecule has 1 aromatic carbocycles. The molecule has 0 bridgehead atoms. The molecule has 3 heterocycles. The second-order valence-electron chi connectivity index (χ2n) is 6.06. The minimum absolute atomic E-state index is 0.0188. The maximum atomic E-state index is 13.1. The third kappa shape index (κ3) is 4.49. The van der Waals surface area contributed by atoms with Crippen LogP contribution in [0.25, 0.3) is 28.8 Å². The Labute approximate surface area is 179 Å². The van der Waals surface area contributed by atoms with Crippen LogP contribution >= 0.6 is 11.6 Å². The molecule has 0 amide bonds. The van der Waals surface area contributed by atoms with E-state index in [9.17, 15) is 22.0 Å². The fourth-order valence-corrected chi connectivity index (χ4v) is 2.69. The van der Waals surface area contributed by atoms with E-state index in [2.05, 4.69) is 30.4 Å². The van der Waals surface area contributed by atoms with Crippen LogP contribution in [0.1, 0.15) is 5.56 Å². The number of hydrogen-bond acceptors (Lipinski definition) is 8. The molecule has 0 atom stereocenters. The molecule has 4 aromatic rings. The summed E-state index contributed by atoms with van der Waals surface area (Å²) in [5.74, 6) is -0.298. The number of ether oxygens (including phenoxy) is 1. The molecule has 9 nitrogen and oxygen atoms in total. The molecule has 0 unspecified atom stereocenters. The highest BCUT2D eigenvalue weighted by Crippen LogP contribution is 2.34. The van der Waals surface area contributed by atoms with Gasteiger partial charge in [-0.2, -0.15) is 18.2 Å². The first kappa shape index (κ1) is 21.5. The first-order valence-electron chi connectivity index (χ1n) is 8.57. The minimum atomic E-state index is -4.60. The van der Waals surface area contributed by atoms with Gasteiger partial charge in [0.05, 0.1) is 34.9 Å². The molecule has 4 rings (SSSR count). The van der Waals surface area contributed by atoms with Gasteiger partial charge in [-0.25, -0.2) is 23.4 Å². The van der Waals surface area contributed by atoms with Crippen LogP contribution in [0.3, 0.4) is 0 Å². The van der Waals surface area contributed by atoms with Crippen LogP contribution in [0.5, 0.6) is 5.88 Å². The largest absolute Gasteiger partial charge is 0.470 e. The number of alkyl halides is 5. The van der Waals surface area contributed by atoms with Crippen molar-refractivity contribution in [1.82, 2.24) is 35.1 Å². The Bertz CT molecular complexity index is 1230. The van der Waals surface area contributed by atoms with E-state index in [4.69, 9.17) is 20.9 Å². The average Bonchev–Trinajstić information content (AvgIpc) is 3.41. The molecule has 3 aromatic heterocycles. The molecule has 0 saturated heterocycles. The van der Waals surface area contributed by atoms with Crippen LogP contribution in [-0.2, 0) is 6.18 Å². The maximum absolute atomic E-state index is 13.1. The van der Waals surface area contributed by atoms with Gasteiger partial charge in [0, 0.05) is 0 Å². The van der Waals surface area contributed by atoms with Crippen molar-refractivity contribution in [3.63, 3.8) is 0 Å². The van der Waals surface area contributed by atoms with Gasteiger partial charge in [-0.1, -0.05) is 22.0 Å². The summed E-state index contributed by atoms with van der Waals surface area (Å²) in [6.45, 7) is -0.838. The molecular formula is C17H9ClF5N7O2. The van der Waals surface area contributed by atoms with Crippen LogP contribution in [0, 0.1) is 0 Å². The minimum Gasteiger partial charge on any atom is -0.470 e. The molecular weight excluding hydrogens is 465 g/mol. The van der Waals surface area contributed by atoms with Gasteiger partial charge in [-0.15, -0.1) is 5.10 Å². The summed E-state index contributed by atoms with van der Waals surface area (Å²) in [4.78, 5) is 11.9. The zero-order valence-corrected chi connectivity index (χ0v) is 16.2. The zero-order valence-electron chi connectivity index (χ0n) is 15.5. The Balaban J connectivity index is 1.63. The van der Waals surface area contributed by atoms with E-state index in [0.717, 1.165) is 29.1 Å². The van der Waals surface area contributed by atoms with Gasteiger partial charge in [0.25, 0.3) is 12.3 Å². The van der Waals surface area contributed by atoms with Gasteiger partial charge in [-0.3, -0.25) is 0 Å². The first-order valence-corrected chi connectivity index (χ1v) is 8.95. The lowest BCUT2D eigenvalue weighted by molar-refractivity contribution is -0.137. The third-order valence-electron chi connectivity index (χ3n) is 3.91. The van der Waals surface area contributed by atoms with E-state index >= 15 is 0 Å². The van der Waals surface area contributed by atoms with E-state index in [-0.39, 0.29) is 39.7 Å². The van der Waals surface area contributed by atoms with E-state index in [1.54, 1.807) is 0 Å². The Kier molecular flexibility index (Phi) is 5.69. The van der Waals surface area contributed by atoms with Crippen LogP contribution in [0.15, 0.2) is 41.3 Å². The lowest BCUT2D eigenvalue weighted by Crippen LogP contribution is -2.08. The summed E-state index contributed by atoms with van der Waals surface area (Å²) < 4.78 is 74.5. The highest BCUT2D eigenvalue weighted by Gasteiger charge is 2.31. The molecule has 0 radical (unpaired) electrons. The molecule has 0 spiro atoms. The zero-order chi connectivity index (χ0) is 22.9. The molecule has 0 saturated carbocycles. The quantitative estimate of drug-likeness (QED) is 0.386. The Morgan fingerprint density at radius 1 is 1.12 bits per heavy atom. The van der Waals surface area contributed by atoms with E-state index in [1.807, 2.05) is 0 Å². The molecule has 15 heteroatoms. The predicted molar refractivity (Wildman–Crippen MR) is 97.2 cm³/mol. The SMILES string of the molecule is FC(F)COc1cnc(-c2noc(-c3cnnn3-c3cc(C(F)(F)F)ccc3Cl)n2)cn1. The average molecular weight is 474 g/mol.